The number of hydrogen-bond donors (Lipinski definition) is 0. The summed E-state index contributed by atoms with van der Waals surface area (Å²) in [6.07, 6.45) is 1.46. The van der Waals surface area contributed by atoms with E-state index < -0.39 is 0 Å². The maximum absolute atomic E-state index is 13.2. The Labute approximate surface area is 75.8 Å². The molecule has 0 fully saturated rings. The molecule has 0 aliphatic carbocycles. The fourth-order valence-corrected chi connectivity index (χ4v) is 1.21. The van der Waals surface area contributed by atoms with Gasteiger partial charge >= 0.3 is 0 Å². The maximum atomic E-state index is 13.2. The molecule has 0 saturated carbocycles. The average Bonchev–Trinajstić information content (AvgIpc) is 2.00. The van der Waals surface area contributed by atoms with Crippen molar-refractivity contribution in [2.75, 3.05) is 0 Å². The van der Waals surface area contributed by atoms with Gasteiger partial charge < -0.3 is 0 Å². The second-order valence-corrected chi connectivity index (χ2v) is 2.93. The Morgan fingerprint density at radius 2 is 2.08 bits per heavy atom. The zero-order valence-corrected chi connectivity index (χ0v) is 7.82. The summed E-state index contributed by atoms with van der Waals surface area (Å²) in [5.74, 6) is -0.332. The highest BCUT2D eigenvalue weighted by Crippen LogP contribution is 2.12. The van der Waals surface area contributed by atoms with Crippen molar-refractivity contribution < 1.29 is 4.39 Å². The van der Waals surface area contributed by atoms with E-state index in [1.165, 1.54) is 0 Å². The second-order valence-electron chi connectivity index (χ2n) is 2.59. The minimum absolute atomic E-state index is 0.123. The van der Waals surface area contributed by atoms with Crippen LogP contribution in [-0.2, 0) is 6.42 Å². The van der Waals surface area contributed by atoms with Crippen LogP contribution in [0.15, 0.2) is 0 Å². The molecule has 1 rings (SSSR count). The number of nitrogens with zero attached hydrogens (tertiary/aromatic N) is 2. The van der Waals surface area contributed by atoms with E-state index in [1.807, 2.05) is 6.92 Å². The minimum Gasteiger partial charge on any atom is -0.220 e. The van der Waals surface area contributed by atoms with Gasteiger partial charge in [0.15, 0.2) is 5.82 Å². The van der Waals surface area contributed by atoms with E-state index in [-0.39, 0.29) is 11.1 Å². The molecular formula is C8H10ClFN2. The van der Waals surface area contributed by atoms with Crippen LogP contribution in [0.4, 0.5) is 4.39 Å². The summed E-state index contributed by atoms with van der Waals surface area (Å²) in [6.45, 7) is 3.55. The summed E-state index contributed by atoms with van der Waals surface area (Å²) in [5, 5.41) is 0.123. The summed E-state index contributed by atoms with van der Waals surface area (Å²) in [5.41, 5.74) is 0.730. The third-order valence-corrected chi connectivity index (χ3v) is 1.71. The molecule has 4 heteroatoms. The zero-order valence-electron chi connectivity index (χ0n) is 7.06. The Bertz CT molecular complexity index is 289. The van der Waals surface area contributed by atoms with E-state index in [9.17, 15) is 4.39 Å². The molecule has 0 aliphatic heterocycles. The Morgan fingerprint density at radius 1 is 1.42 bits per heavy atom. The maximum Gasteiger partial charge on any atom is 0.222 e. The zero-order chi connectivity index (χ0) is 9.14. The van der Waals surface area contributed by atoms with E-state index >= 15 is 0 Å². The molecular weight excluding hydrogens is 179 g/mol. The van der Waals surface area contributed by atoms with E-state index in [0.717, 1.165) is 6.42 Å². The molecule has 1 heterocycles. The van der Waals surface area contributed by atoms with Crippen LogP contribution in [0, 0.1) is 12.7 Å². The van der Waals surface area contributed by atoms with E-state index in [2.05, 4.69) is 9.97 Å². The van der Waals surface area contributed by atoms with Crippen molar-refractivity contribution in [3.63, 3.8) is 0 Å². The summed E-state index contributed by atoms with van der Waals surface area (Å²) < 4.78 is 13.2. The Balaban J connectivity index is 3.09. The van der Waals surface area contributed by atoms with Crippen LogP contribution in [0.2, 0.25) is 5.28 Å². The quantitative estimate of drug-likeness (QED) is 0.667. The number of hydrogen-bond acceptors (Lipinski definition) is 2. The smallest absolute Gasteiger partial charge is 0.220 e. The first kappa shape index (κ1) is 9.39. The summed E-state index contributed by atoms with van der Waals surface area (Å²) >= 11 is 5.57. The van der Waals surface area contributed by atoms with E-state index in [0.29, 0.717) is 17.8 Å². The van der Waals surface area contributed by atoms with Crippen molar-refractivity contribution in [2.45, 2.75) is 26.7 Å². The number of rotatable bonds is 2. The molecule has 1 aromatic rings. The lowest BCUT2D eigenvalue weighted by Gasteiger charge is -2.02. The molecule has 0 N–H and O–H groups in total. The molecule has 12 heavy (non-hydrogen) atoms. The predicted octanol–water partition coefficient (Wildman–Crippen LogP) is 2.53. The first-order chi connectivity index (χ1) is 5.65. The van der Waals surface area contributed by atoms with Gasteiger partial charge in [0.1, 0.15) is 0 Å². The third kappa shape index (κ3) is 1.91. The van der Waals surface area contributed by atoms with Crippen LogP contribution in [0.25, 0.3) is 0 Å². The van der Waals surface area contributed by atoms with Gasteiger partial charge in [-0.05, 0) is 24.9 Å². The van der Waals surface area contributed by atoms with E-state index in [1.54, 1.807) is 6.92 Å². The predicted molar refractivity (Wildman–Crippen MR) is 45.7 cm³/mol. The Hall–Kier alpha value is -0.700. The van der Waals surface area contributed by atoms with Gasteiger partial charge in [0.25, 0.3) is 0 Å². The molecule has 0 aromatic carbocycles. The van der Waals surface area contributed by atoms with Crippen molar-refractivity contribution in [1.82, 2.24) is 9.97 Å². The molecule has 0 saturated heterocycles. The van der Waals surface area contributed by atoms with Crippen molar-refractivity contribution >= 4 is 11.6 Å². The van der Waals surface area contributed by atoms with Gasteiger partial charge in [0.05, 0.1) is 11.4 Å². The van der Waals surface area contributed by atoms with Gasteiger partial charge in [0.2, 0.25) is 5.28 Å². The molecule has 0 aliphatic rings. The fraction of sp³-hybridized carbons (Fsp3) is 0.500. The lowest BCUT2D eigenvalue weighted by Crippen LogP contribution is -2.00. The highest BCUT2D eigenvalue weighted by molar-refractivity contribution is 6.28. The standard InChI is InChI=1S/C8H10ClFN2/c1-3-4-6-7(10)5(2)11-8(9)12-6/h3-4H2,1-2H3. The molecule has 2 nitrogen and oxygen atoms in total. The Kier molecular flexibility index (Phi) is 2.98. The SMILES string of the molecule is CCCc1nc(Cl)nc(C)c1F. The van der Waals surface area contributed by atoms with Crippen LogP contribution in [0.3, 0.4) is 0 Å². The molecule has 0 radical (unpaired) electrons. The largest absolute Gasteiger partial charge is 0.222 e. The topological polar surface area (TPSA) is 25.8 Å². The first-order valence-corrected chi connectivity index (χ1v) is 4.21. The van der Waals surface area contributed by atoms with Crippen molar-refractivity contribution in [2.24, 2.45) is 0 Å². The Morgan fingerprint density at radius 3 is 2.67 bits per heavy atom. The van der Waals surface area contributed by atoms with Crippen LogP contribution < -0.4 is 0 Å². The lowest BCUT2D eigenvalue weighted by molar-refractivity contribution is 0.576. The number of aryl methyl sites for hydroxylation is 2. The normalized spacial score (nSPS) is 10.3. The molecule has 0 unspecified atom stereocenters. The highest BCUT2D eigenvalue weighted by atomic mass is 35.5. The molecule has 66 valence electrons. The van der Waals surface area contributed by atoms with Crippen LogP contribution >= 0.6 is 11.6 Å². The summed E-state index contributed by atoms with van der Waals surface area (Å²) in [7, 11) is 0. The van der Waals surface area contributed by atoms with Gasteiger partial charge in [-0.25, -0.2) is 14.4 Å². The van der Waals surface area contributed by atoms with Gasteiger partial charge in [-0.2, -0.15) is 0 Å². The third-order valence-electron chi connectivity index (χ3n) is 1.54. The van der Waals surface area contributed by atoms with Gasteiger partial charge in [0, 0.05) is 0 Å². The van der Waals surface area contributed by atoms with Crippen LogP contribution in [0.5, 0.6) is 0 Å². The van der Waals surface area contributed by atoms with Crippen molar-refractivity contribution in [3.8, 4) is 0 Å². The molecule has 0 atom stereocenters. The van der Waals surface area contributed by atoms with Gasteiger partial charge in [-0.1, -0.05) is 13.3 Å². The average molecular weight is 189 g/mol. The van der Waals surface area contributed by atoms with Crippen molar-refractivity contribution in [1.29, 1.82) is 0 Å². The molecule has 0 bridgehead atoms. The molecule has 0 amide bonds. The number of aromatic nitrogens is 2. The van der Waals surface area contributed by atoms with Gasteiger partial charge in [-0.3, -0.25) is 0 Å². The molecule has 1 aromatic heterocycles. The first-order valence-electron chi connectivity index (χ1n) is 3.83. The second kappa shape index (κ2) is 3.81. The van der Waals surface area contributed by atoms with Crippen LogP contribution in [0.1, 0.15) is 24.7 Å². The summed E-state index contributed by atoms with van der Waals surface area (Å²) in [4.78, 5) is 7.50. The fourth-order valence-electron chi connectivity index (χ4n) is 0.984. The highest BCUT2D eigenvalue weighted by Gasteiger charge is 2.08. The lowest BCUT2D eigenvalue weighted by atomic mass is 10.2. The van der Waals surface area contributed by atoms with Crippen molar-refractivity contribution in [3.05, 3.63) is 22.5 Å². The molecule has 0 spiro atoms. The van der Waals surface area contributed by atoms with E-state index in [4.69, 9.17) is 11.6 Å². The number of halogens is 2. The van der Waals surface area contributed by atoms with Crippen LogP contribution in [-0.4, -0.2) is 9.97 Å². The summed E-state index contributed by atoms with van der Waals surface area (Å²) in [6, 6.07) is 0. The minimum atomic E-state index is -0.332. The monoisotopic (exact) mass is 188 g/mol. The van der Waals surface area contributed by atoms with Gasteiger partial charge in [-0.15, -0.1) is 0 Å².